The van der Waals surface area contributed by atoms with E-state index in [-0.39, 0.29) is 48.6 Å². The highest BCUT2D eigenvalue weighted by molar-refractivity contribution is 14.0. The molecule has 0 aliphatic carbocycles. The molecular formula is C15H22F2IN3O2. The maximum atomic E-state index is 13.5. The second-order valence-electron chi connectivity index (χ2n) is 5.60. The highest BCUT2D eigenvalue weighted by Gasteiger charge is 2.16. The largest absolute Gasteiger partial charge is 0.459 e. The molecule has 0 bridgehead atoms. The molecule has 130 valence electrons. The molecule has 0 radical (unpaired) electrons. The summed E-state index contributed by atoms with van der Waals surface area (Å²) in [7, 11) is 1.51. The number of esters is 1. The Labute approximate surface area is 151 Å². The third kappa shape index (κ3) is 8.68. The van der Waals surface area contributed by atoms with Gasteiger partial charge in [0.1, 0.15) is 23.8 Å². The van der Waals surface area contributed by atoms with Crippen molar-refractivity contribution in [2.24, 2.45) is 4.99 Å². The molecule has 0 amide bonds. The lowest BCUT2D eigenvalue weighted by Crippen LogP contribution is -2.41. The van der Waals surface area contributed by atoms with Gasteiger partial charge < -0.3 is 15.4 Å². The summed E-state index contributed by atoms with van der Waals surface area (Å²) in [6, 6.07) is 3.21. The van der Waals surface area contributed by atoms with Crippen LogP contribution in [0.15, 0.2) is 23.2 Å². The summed E-state index contributed by atoms with van der Waals surface area (Å²) in [6.07, 6.45) is 0. The van der Waals surface area contributed by atoms with Gasteiger partial charge in [-0.1, -0.05) is 0 Å². The van der Waals surface area contributed by atoms with Crippen LogP contribution in [-0.2, 0) is 16.1 Å². The van der Waals surface area contributed by atoms with Crippen LogP contribution in [0.3, 0.4) is 0 Å². The van der Waals surface area contributed by atoms with Crippen LogP contribution in [0, 0.1) is 11.6 Å². The number of carbonyl (C=O) groups excluding carboxylic acids is 1. The Kier molecular flexibility index (Phi) is 9.03. The number of benzene rings is 1. The number of hydrogen-bond acceptors (Lipinski definition) is 3. The van der Waals surface area contributed by atoms with Crippen molar-refractivity contribution >= 4 is 35.9 Å². The van der Waals surface area contributed by atoms with E-state index >= 15 is 0 Å². The van der Waals surface area contributed by atoms with Gasteiger partial charge in [0.15, 0.2) is 5.96 Å². The first-order valence-corrected chi connectivity index (χ1v) is 6.81. The van der Waals surface area contributed by atoms with E-state index in [9.17, 15) is 13.6 Å². The van der Waals surface area contributed by atoms with Crippen LogP contribution in [0.5, 0.6) is 0 Å². The maximum absolute atomic E-state index is 13.5. The lowest BCUT2D eigenvalue weighted by molar-refractivity contribution is -0.153. The standard InChI is InChI=1S/C15H21F2N3O2.HI/c1-15(2,3)22-13(21)9-20-14(18-4)19-8-10-7-11(16)5-6-12(10)17;/h5-7H,8-9H2,1-4H3,(H2,18,19,20);1H. The predicted octanol–water partition coefficient (Wildman–Crippen LogP) is 2.59. The molecule has 0 saturated heterocycles. The third-order valence-corrected chi connectivity index (χ3v) is 2.50. The second kappa shape index (κ2) is 9.64. The van der Waals surface area contributed by atoms with Crippen molar-refractivity contribution in [3.63, 3.8) is 0 Å². The molecule has 0 fully saturated rings. The highest BCUT2D eigenvalue weighted by atomic mass is 127. The third-order valence-electron chi connectivity index (χ3n) is 2.50. The quantitative estimate of drug-likeness (QED) is 0.327. The molecule has 23 heavy (non-hydrogen) atoms. The molecule has 2 N–H and O–H groups in total. The van der Waals surface area contributed by atoms with E-state index < -0.39 is 23.2 Å². The van der Waals surface area contributed by atoms with Gasteiger partial charge in [-0.25, -0.2) is 8.78 Å². The number of ether oxygens (including phenoxy) is 1. The Balaban J connectivity index is 0.00000484. The number of halogens is 3. The molecule has 1 aromatic rings. The molecule has 0 heterocycles. The number of rotatable bonds is 4. The van der Waals surface area contributed by atoms with E-state index in [1.54, 1.807) is 20.8 Å². The summed E-state index contributed by atoms with van der Waals surface area (Å²) in [5, 5.41) is 5.54. The molecule has 0 unspecified atom stereocenters. The SMILES string of the molecule is CN=C(NCC(=O)OC(C)(C)C)NCc1cc(F)ccc1F.I. The number of aliphatic imine (C=N–C) groups is 1. The van der Waals surface area contributed by atoms with Crippen molar-refractivity contribution in [3.8, 4) is 0 Å². The summed E-state index contributed by atoms with van der Waals surface area (Å²) < 4.78 is 31.7. The summed E-state index contributed by atoms with van der Waals surface area (Å²) in [4.78, 5) is 15.5. The fourth-order valence-electron chi connectivity index (χ4n) is 1.61. The monoisotopic (exact) mass is 441 g/mol. The van der Waals surface area contributed by atoms with Crippen molar-refractivity contribution in [2.45, 2.75) is 32.9 Å². The van der Waals surface area contributed by atoms with E-state index in [4.69, 9.17) is 4.74 Å². The minimum atomic E-state index is -0.569. The zero-order valence-electron chi connectivity index (χ0n) is 13.6. The molecule has 0 aromatic heterocycles. The van der Waals surface area contributed by atoms with E-state index in [2.05, 4.69) is 15.6 Å². The molecule has 0 atom stereocenters. The normalized spacial score (nSPS) is 11.5. The van der Waals surface area contributed by atoms with Gasteiger partial charge in [0.2, 0.25) is 0 Å². The molecule has 1 aromatic carbocycles. The van der Waals surface area contributed by atoms with Gasteiger partial charge in [0.25, 0.3) is 0 Å². The van der Waals surface area contributed by atoms with Crippen molar-refractivity contribution in [1.29, 1.82) is 0 Å². The topological polar surface area (TPSA) is 62.7 Å². The fraction of sp³-hybridized carbons (Fsp3) is 0.467. The Hall–Kier alpha value is -1.45. The molecule has 5 nitrogen and oxygen atoms in total. The average molecular weight is 441 g/mol. The Morgan fingerprint density at radius 2 is 1.91 bits per heavy atom. The molecule has 0 aliphatic heterocycles. The predicted molar refractivity (Wildman–Crippen MR) is 95.8 cm³/mol. The van der Waals surface area contributed by atoms with E-state index in [0.29, 0.717) is 0 Å². The zero-order chi connectivity index (χ0) is 16.8. The summed E-state index contributed by atoms with van der Waals surface area (Å²) in [5.74, 6) is -1.19. The van der Waals surface area contributed by atoms with Crippen molar-refractivity contribution < 1.29 is 18.3 Å². The molecule has 8 heteroatoms. The highest BCUT2D eigenvalue weighted by Crippen LogP contribution is 2.09. The first-order valence-electron chi connectivity index (χ1n) is 6.81. The van der Waals surface area contributed by atoms with Crippen LogP contribution in [0.25, 0.3) is 0 Å². The smallest absolute Gasteiger partial charge is 0.325 e. The van der Waals surface area contributed by atoms with Gasteiger partial charge in [-0.15, -0.1) is 24.0 Å². The van der Waals surface area contributed by atoms with E-state index in [1.165, 1.54) is 7.05 Å². The van der Waals surface area contributed by atoms with Crippen LogP contribution in [-0.4, -0.2) is 31.1 Å². The Morgan fingerprint density at radius 1 is 1.26 bits per heavy atom. The van der Waals surface area contributed by atoms with Crippen LogP contribution in [0.4, 0.5) is 8.78 Å². The van der Waals surface area contributed by atoms with Gasteiger partial charge in [-0.05, 0) is 39.0 Å². The summed E-state index contributed by atoms with van der Waals surface area (Å²) in [5.41, 5.74) is -0.402. The van der Waals surface area contributed by atoms with E-state index in [1.807, 2.05) is 0 Å². The number of nitrogens with one attached hydrogen (secondary N) is 2. The fourth-order valence-corrected chi connectivity index (χ4v) is 1.61. The summed E-state index contributed by atoms with van der Waals surface area (Å²) >= 11 is 0. The Morgan fingerprint density at radius 3 is 2.48 bits per heavy atom. The van der Waals surface area contributed by atoms with E-state index in [0.717, 1.165) is 18.2 Å². The minimum absolute atomic E-state index is 0. The van der Waals surface area contributed by atoms with Crippen LogP contribution >= 0.6 is 24.0 Å². The van der Waals surface area contributed by atoms with Gasteiger partial charge in [-0.2, -0.15) is 0 Å². The van der Waals surface area contributed by atoms with Crippen LogP contribution in [0.2, 0.25) is 0 Å². The Bertz CT molecular complexity index is 560. The van der Waals surface area contributed by atoms with Gasteiger partial charge >= 0.3 is 5.97 Å². The summed E-state index contributed by atoms with van der Waals surface area (Å²) in [6.45, 7) is 5.26. The van der Waals surface area contributed by atoms with Crippen molar-refractivity contribution in [3.05, 3.63) is 35.4 Å². The number of carbonyl (C=O) groups is 1. The maximum Gasteiger partial charge on any atom is 0.325 e. The average Bonchev–Trinajstić information content (AvgIpc) is 2.40. The number of hydrogen-bond donors (Lipinski definition) is 2. The van der Waals surface area contributed by atoms with Crippen molar-refractivity contribution in [2.75, 3.05) is 13.6 Å². The lowest BCUT2D eigenvalue weighted by Gasteiger charge is -2.20. The molecule has 0 aliphatic rings. The van der Waals surface area contributed by atoms with Crippen LogP contribution in [0.1, 0.15) is 26.3 Å². The van der Waals surface area contributed by atoms with Gasteiger partial charge in [0, 0.05) is 19.2 Å². The second-order valence-corrected chi connectivity index (χ2v) is 5.60. The molecule has 1 rings (SSSR count). The lowest BCUT2D eigenvalue weighted by atomic mass is 10.2. The number of guanidine groups is 1. The molecular weight excluding hydrogens is 419 g/mol. The first kappa shape index (κ1) is 21.6. The molecule has 0 saturated carbocycles. The van der Waals surface area contributed by atoms with Gasteiger partial charge in [0.05, 0.1) is 0 Å². The minimum Gasteiger partial charge on any atom is -0.459 e. The van der Waals surface area contributed by atoms with Gasteiger partial charge in [-0.3, -0.25) is 9.79 Å². The first-order chi connectivity index (χ1) is 10.2. The number of nitrogens with zero attached hydrogens (tertiary/aromatic N) is 1. The van der Waals surface area contributed by atoms with Crippen LogP contribution < -0.4 is 10.6 Å². The zero-order valence-corrected chi connectivity index (χ0v) is 15.9. The van der Waals surface area contributed by atoms with Crippen molar-refractivity contribution in [1.82, 2.24) is 10.6 Å². The molecule has 0 spiro atoms.